The van der Waals surface area contributed by atoms with Crippen LogP contribution in [0, 0.1) is 16.7 Å². The number of nitrogens with zero attached hydrogens (tertiary/aromatic N) is 3. The summed E-state index contributed by atoms with van der Waals surface area (Å²) in [5.74, 6) is 0.865. The van der Waals surface area contributed by atoms with Crippen molar-refractivity contribution in [3.8, 4) is 0 Å². The Morgan fingerprint density at radius 2 is 2.00 bits per heavy atom. The Bertz CT molecular complexity index is 873. The molecule has 1 aromatic rings. The molecule has 0 saturated carbocycles. The smallest absolute Gasteiger partial charge is 0.251 e. The summed E-state index contributed by atoms with van der Waals surface area (Å²) in [7, 11) is 0. The summed E-state index contributed by atoms with van der Waals surface area (Å²) in [5.41, 5.74) is 1.26. The van der Waals surface area contributed by atoms with Crippen LogP contribution in [0.3, 0.4) is 0 Å². The van der Waals surface area contributed by atoms with Gasteiger partial charge in [-0.1, -0.05) is 36.9 Å². The van der Waals surface area contributed by atoms with Crippen LogP contribution in [0.4, 0.5) is 0 Å². The molecule has 4 fully saturated rings. The van der Waals surface area contributed by atoms with E-state index in [-0.39, 0.29) is 30.2 Å². The molecule has 8 heteroatoms. The average molecular weight is 468 g/mol. The van der Waals surface area contributed by atoms with Crippen molar-refractivity contribution in [1.29, 1.82) is 0 Å². The van der Waals surface area contributed by atoms with Gasteiger partial charge in [-0.3, -0.25) is 15.4 Å². The molecular weight excluding hydrogens is 428 g/mol. The highest BCUT2D eigenvalue weighted by Gasteiger charge is 2.53. The fraction of sp³-hybridized carbons (Fsp3) is 0.654. The van der Waals surface area contributed by atoms with Gasteiger partial charge >= 0.3 is 0 Å². The van der Waals surface area contributed by atoms with E-state index in [1.807, 2.05) is 16.0 Å². The van der Waals surface area contributed by atoms with Crippen LogP contribution in [0.15, 0.2) is 43.0 Å². The third-order valence-electron chi connectivity index (χ3n) is 8.23. The highest BCUT2D eigenvalue weighted by molar-refractivity contribution is 5.87. The van der Waals surface area contributed by atoms with Gasteiger partial charge in [-0.25, -0.2) is 0 Å². The first-order valence-electron chi connectivity index (χ1n) is 13.0. The summed E-state index contributed by atoms with van der Waals surface area (Å²) in [6.45, 7) is 8.85. The molecule has 5 rings (SSSR count). The summed E-state index contributed by atoms with van der Waals surface area (Å²) < 4.78 is 0. The quantitative estimate of drug-likeness (QED) is 0.432. The van der Waals surface area contributed by atoms with Crippen molar-refractivity contribution < 1.29 is 9.66 Å². The molecular formula is C26H39N6O2+. The fourth-order valence-corrected chi connectivity index (χ4v) is 6.50. The second-order valence-electron chi connectivity index (χ2n) is 10.4. The van der Waals surface area contributed by atoms with Crippen LogP contribution in [0.2, 0.25) is 0 Å². The molecule has 6 atom stereocenters. The maximum atomic E-state index is 13.5. The molecule has 4 aliphatic rings. The van der Waals surface area contributed by atoms with Crippen molar-refractivity contribution in [3.63, 3.8) is 0 Å². The third-order valence-corrected chi connectivity index (χ3v) is 8.23. The number of carbonyl (C=O) groups is 1. The second kappa shape index (κ2) is 10.5. The van der Waals surface area contributed by atoms with E-state index in [1.54, 1.807) is 0 Å². The van der Waals surface area contributed by atoms with E-state index in [1.165, 1.54) is 29.4 Å². The van der Waals surface area contributed by atoms with Crippen LogP contribution in [-0.2, 0) is 11.2 Å². The number of carbonyl (C=O) groups excluding carboxylic acids is 1. The lowest BCUT2D eigenvalue weighted by atomic mass is 9.78. The number of rotatable bonds is 6. The van der Waals surface area contributed by atoms with E-state index in [0.29, 0.717) is 18.4 Å². The van der Waals surface area contributed by atoms with Gasteiger partial charge in [0.2, 0.25) is 5.91 Å². The minimum atomic E-state index is -0.0638. The Morgan fingerprint density at radius 3 is 2.76 bits per heavy atom. The summed E-state index contributed by atoms with van der Waals surface area (Å²) in [6, 6.07) is 10.7. The van der Waals surface area contributed by atoms with Crippen LogP contribution in [0.25, 0.3) is 0 Å². The number of hydrogen-bond donors (Lipinski definition) is 3. The maximum Gasteiger partial charge on any atom is 0.251 e. The SMILES string of the molecule is C=CC(=O)N1CCC2C(C1)NC(Cc1ccccc1)NC2C1CCN(CC2CCCNC2)[N+]1=O. The first-order chi connectivity index (χ1) is 16.6. The molecule has 0 radical (unpaired) electrons. The Morgan fingerprint density at radius 1 is 1.15 bits per heavy atom. The molecule has 6 unspecified atom stereocenters. The lowest BCUT2D eigenvalue weighted by Gasteiger charge is -2.48. The van der Waals surface area contributed by atoms with Gasteiger partial charge in [0.15, 0.2) is 0 Å². The number of likely N-dealkylation sites (tertiary alicyclic amines) is 1. The van der Waals surface area contributed by atoms with Crippen molar-refractivity contribution in [3.05, 3.63) is 53.5 Å². The van der Waals surface area contributed by atoms with Crippen molar-refractivity contribution in [2.45, 2.75) is 56.4 Å². The monoisotopic (exact) mass is 467 g/mol. The molecule has 8 nitrogen and oxygen atoms in total. The lowest BCUT2D eigenvalue weighted by Crippen LogP contribution is -2.71. The Balaban J connectivity index is 1.31. The Kier molecular flexibility index (Phi) is 7.27. The minimum Gasteiger partial charge on any atom is -0.338 e. The van der Waals surface area contributed by atoms with Crippen molar-refractivity contribution >= 4 is 5.91 Å². The number of hydrazine groups is 1. The van der Waals surface area contributed by atoms with Gasteiger partial charge in [-0.15, -0.1) is 5.01 Å². The van der Waals surface area contributed by atoms with Gasteiger partial charge in [0.1, 0.15) is 4.87 Å². The fourth-order valence-electron chi connectivity index (χ4n) is 6.50. The zero-order valence-electron chi connectivity index (χ0n) is 20.1. The highest BCUT2D eigenvalue weighted by atomic mass is 16.3. The Labute approximate surface area is 202 Å². The van der Waals surface area contributed by atoms with Crippen molar-refractivity contribution in [2.24, 2.45) is 11.8 Å². The van der Waals surface area contributed by atoms with Gasteiger partial charge in [0, 0.05) is 32.0 Å². The number of piperidine rings is 2. The molecule has 0 aliphatic carbocycles. The lowest BCUT2D eigenvalue weighted by molar-refractivity contribution is -0.715. The maximum absolute atomic E-state index is 13.5. The van der Waals surface area contributed by atoms with Crippen LogP contribution < -0.4 is 16.0 Å². The summed E-state index contributed by atoms with van der Waals surface area (Å²) in [4.78, 5) is 29.1. The van der Waals surface area contributed by atoms with E-state index in [2.05, 4.69) is 46.8 Å². The van der Waals surface area contributed by atoms with Crippen molar-refractivity contribution in [1.82, 2.24) is 25.9 Å². The van der Waals surface area contributed by atoms with Gasteiger partial charge in [0.25, 0.3) is 6.04 Å². The number of nitrogens with one attached hydrogen (secondary N) is 3. The van der Waals surface area contributed by atoms with E-state index in [4.69, 9.17) is 0 Å². The number of fused-ring (bicyclic) bond motifs is 1. The van der Waals surface area contributed by atoms with Gasteiger partial charge < -0.3 is 10.2 Å². The number of benzene rings is 1. The summed E-state index contributed by atoms with van der Waals surface area (Å²) in [5, 5.41) is 13.1. The number of hydrogen-bond acceptors (Lipinski definition) is 5. The average Bonchev–Trinajstić information content (AvgIpc) is 3.23. The molecule has 4 aliphatic heterocycles. The van der Waals surface area contributed by atoms with Gasteiger partial charge in [-0.05, 0) is 55.8 Å². The van der Waals surface area contributed by atoms with Crippen LogP contribution >= 0.6 is 0 Å². The van der Waals surface area contributed by atoms with Gasteiger partial charge in [-0.2, -0.15) is 0 Å². The molecule has 0 spiro atoms. The zero-order chi connectivity index (χ0) is 23.5. The largest absolute Gasteiger partial charge is 0.338 e. The van der Waals surface area contributed by atoms with Crippen LogP contribution in [0.1, 0.15) is 31.2 Å². The normalized spacial score (nSPS) is 34.1. The second-order valence-corrected chi connectivity index (χ2v) is 10.4. The Hall–Kier alpha value is -2.29. The zero-order valence-corrected chi connectivity index (χ0v) is 20.1. The van der Waals surface area contributed by atoms with E-state index >= 15 is 0 Å². The molecule has 184 valence electrons. The van der Waals surface area contributed by atoms with Gasteiger partial charge in [0.05, 0.1) is 30.2 Å². The molecule has 0 bridgehead atoms. The van der Waals surface area contributed by atoms with E-state index in [0.717, 1.165) is 52.0 Å². The molecule has 0 aromatic heterocycles. The first-order valence-corrected chi connectivity index (χ1v) is 13.0. The third kappa shape index (κ3) is 5.04. The number of nitroso groups, excluding NO2 is 1. The highest BCUT2D eigenvalue weighted by Crippen LogP contribution is 2.32. The van der Waals surface area contributed by atoms with E-state index < -0.39 is 0 Å². The van der Waals surface area contributed by atoms with Crippen molar-refractivity contribution in [2.75, 3.05) is 39.3 Å². The predicted molar refractivity (Wildman–Crippen MR) is 132 cm³/mol. The van der Waals surface area contributed by atoms with Crippen LogP contribution in [0.5, 0.6) is 0 Å². The first kappa shape index (κ1) is 23.5. The standard InChI is InChI=1S/C26H39N6O2/c1-2-25(33)30-13-10-21-22(18-30)28-24(15-19-7-4-3-5-8-19)29-26(21)23-11-14-31(32(23)34)17-20-9-6-12-27-16-20/h2-5,7-8,20-24,26-29H,1,6,9-18H2/q+1. The minimum absolute atomic E-state index is 0.00599. The summed E-state index contributed by atoms with van der Waals surface area (Å²) in [6.07, 6.45) is 6.50. The molecule has 1 aromatic carbocycles. The molecule has 4 heterocycles. The number of amides is 1. The predicted octanol–water partition coefficient (Wildman–Crippen LogP) is 1.29. The summed E-state index contributed by atoms with van der Waals surface area (Å²) >= 11 is 0. The molecule has 1 amide bonds. The topological polar surface area (TPSA) is 79.7 Å². The molecule has 34 heavy (non-hydrogen) atoms. The van der Waals surface area contributed by atoms with Crippen LogP contribution in [-0.4, -0.2) is 84.2 Å². The van der Waals surface area contributed by atoms with E-state index in [9.17, 15) is 9.70 Å². The molecule has 4 saturated heterocycles. The molecule has 3 N–H and O–H groups in total.